The van der Waals surface area contributed by atoms with E-state index in [1.165, 1.54) is 6.92 Å². The van der Waals surface area contributed by atoms with Gasteiger partial charge in [0.1, 0.15) is 5.69 Å². The number of rotatable bonds is 5. The third-order valence-corrected chi connectivity index (χ3v) is 5.53. The van der Waals surface area contributed by atoms with Crippen LogP contribution in [0.2, 0.25) is 0 Å². The number of ether oxygens (including phenoxy) is 1. The molecule has 168 valence electrons. The Kier molecular flexibility index (Phi) is 5.92. The molecule has 3 aromatic carbocycles. The van der Waals surface area contributed by atoms with E-state index in [1.807, 2.05) is 93.5 Å². The summed E-state index contributed by atoms with van der Waals surface area (Å²) in [6, 6.07) is 21.8. The van der Waals surface area contributed by atoms with Crippen molar-refractivity contribution in [2.45, 2.75) is 20.8 Å². The third-order valence-electron chi connectivity index (χ3n) is 5.53. The van der Waals surface area contributed by atoms with Crippen LogP contribution in [0.3, 0.4) is 0 Å². The van der Waals surface area contributed by atoms with Gasteiger partial charge in [0, 0.05) is 38.0 Å². The van der Waals surface area contributed by atoms with Crippen molar-refractivity contribution in [2.75, 3.05) is 24.7 Å². The fourth-order valence-corrected chi connectivity index (χ4v) is 3.77. The minimum atomic E-state index is -0.410. The summed E-state index contributed by atoms with van der Waals surface area (Å²) in [4.78, 5) is 14.2. The number of aryl methyl sites for hydroxylation is 2. The second kappa shape index (κ2) is 8.82. The van der Waals surface area contributed by atoms with Gasteiger partial charge in [-0.25, -0.2) is 0 Å². The van der Waals surface area contributed by atoms with Crippen LogP contribution in [-0.2, 0) is 4.79 Å². The largest absolute Gasteiger partial charge is 0.407 e. The monoisotopic (exact) mass is 440 g/mol. The highest BCUT2D eigenvalue weighted by Gasteiger charge is 2.25. The average Bonchev–Trinajstić information content (AvgIpc) is 3.14. The molecule has 0 unspecified atom stereocenters. The molecule has 6 nitrogen and oxygen atoms in total. The first kappa shape index (κ1) is 22.1. The van der Waals surface area contributed by atoms with E-state index in [1.54, 1.807) is 4.68 Å². The Morgan fingerprint density at radius 2 is 1.58 bits per heavy atom. The molecule has 0 atom stereocenters. The van der Waals surface area contributed by atoms with Crippen molar-refractivity contribution in [3.8, 4) is 34.0 Å². The van der Waals surface area contributed by atoms with Crippen LogP contribution in [-0.4, -0.2) is 29.8 Å². The van der Waals surface area contributed by atoms with E-state index in [0.29, 0.717) is 11.6 Å². The zero-order valence-corrected chi connectivity index (χ0v) is 19.6. The zero-order valence-electron chi connectivity index (χ0n) is 19.6. The number of aromatic nitrogens is 2. The van der Waals surface area contributed by atoms with E-state index in [4.69, 9.17) is 15.6 Å². The lowest BCUT2D eigenvalue weighted by atomic mass is 10.0. The second-order valence-electron chi connectivity index (χ2n) is 8.39. The number of esters is 1. The predicted molar refractivity (Wildman–Crippen MR) is 134 cm³/mol. The van der Waals surface area contributed by atoms with Gasteiger partial charge >= 0.3 is 5.97 Å². The van der Waals surface area contributed by atoms with Crippen LogP contribution in [0, 0.1) is 13.8 Å². The molecular weight excluding hydrogens is 412 g/mol. The number of carbonyl (C=O) groups is 1. The van der Waals surface area contributed by atoms with Gasteiger partial charge in [0.05, 0.1) is 11.3 Å². The van der Waals surface area contributed by atoms with E-state index in [-0.39, 0.29) is 0 Å². The fourth-order valence-electron chi connectivity index (χ4n) is 3.77. The van der Waals surface area contributed by atoms with Crippen molar-refractivity contribution in [3.63, 3.8) is 0 Å². The van der Waals surface area contributed by atoms with E-state index in [0.717, 1.165) is 44.9 Å². The molecule has 2 N–H and O–H groups in total. The summed E-state index contributed by atoms with van der Waals surface area (Å²) in [7, 11) is 4.01. The first-order valence-corrected chi connectivity index (χ1v) is 10.8. The Balaban J connectivity index is 2.03. The fraction of sp³-hybridized carbons (Fsp3) is 0.185. The first-order valence-electron chi connectivity index (χ1n) is 10.8. The molecule has 4 rings (SSSR count). The predicted octanol–water partition coefficient (Wildman–Crippen LogP) is 5.40. The molecule has 1 aromatic heterocycles. The minimum absolute atomic E-state index is 0.382. The maximum absolute atomic E-state index is 12.2. The van der Waals surface area contributed by atoms with Crippen LogP contribution in [0.15, 0.2) is 66.7 Å². The Morgan fingerprint density at radius 1 is 0.939 bits per heavy atom. The van der Waals surface area contributed by atoms with E-state index in [9.17, 15) is 4.79 Å². The molecule has 0 amide bonds. The van der Waals surface area contributed by atoms with Gasteiger partial charge in [-0.1, -0.05) is 36.4 Å². The lowest BCUT2D eigenvalue weighted by Gasteiger charge is -2.13. The van der Waals surface area contributed by atoms with Gasteiger partial charge in [0.2, 0.25) is 5.88 Å². The lowest BCUT2D eigenvalue weighted by molar-refractivity contribution is -0.132. The van der Waals surface area contributed by atoms with Gasteiger partial charge in [-0.15, -0.1) is 0 Å². The lowest BCUT2D eigenvalue weighted by Crippen LogP contribution is -2.09. The molecule has 0 bridgehead atoms. The van der Waals surface area contributed by atoms with Crippen LogP contribution in [0.5, 0.6) is 5.88 Å². The number of hydrogen-bond acceptors (Lipinski definition) is 5. The molecule has 4 aromatic rings. The van der Waals surface area contributed by atoms with Crippen LogP contribution >= 0.6 is 0 Å². The number of carbonyl (C=O) groups excluding carboxylic acids is 1. The molecule has 6 heteroatoms. The van der Waals surface area contributed by atoms with Gasteiger partial charge in [0.15, 0.2) is 0 Å². The van der Waals surface area contributed by atoms with Crippen molar-refractivity contribution in [1.29, 1.82) is 0 Å². The number of anilines is 2. The molecule has 0 aliphatic carbocycles. The van der Waals surface area contributed by atoms with Gasteiger partial charge in [0.25, 0.3) is 0 Å². The standard InChI is InChI=1S/C27H28N4O2/c1-17-6-7-18(2)24(16-17)31-27(33-19(3)32)25(20-8-12-22(28)13-9-20)26(29-31)21-10-14-23(15-11-21)30(4)5/h6-16H,28H2,1-5H3. The number of nitrogen functional groups attached to an aromatic ring is 1. The van der Waals surface area contributed by atoms with Crippen LogP contribution in [0.4, 0.5) is 11.4 Å². The number of benzene rings is 3. The summed E-state index contributed by atoms with van der Waals surface area (Å²) < 4.78 is 7.52. The molecule has 33 heavy (non-hydrogen) atoms. The van der Waals surface area contributed by atoms with E-state index < -0.39 is 5.97 Å². The second-order valence-corrected chi connectivity index (χ2v) is 8.39. The molecule has 0 aliphatic heterocycles. The maximum Gasteiger partial charge on any atom is 0.309 e. The molecule has 0 saturated carbocycles. The van der Waals surface area contributed by atoms with Crippen molar-refractivity contribution in [3.05, 3.63) is 77.9 Å². The quantitative estimate of drug-likeness (QED) is 0.332. The van der Waals surface area contributed by atoms with E-state index in [2.05, 4.69) is 6.07 Å². The number of nitrogens with two attached hydrogens (primary N) is 1. The molecule has 0 radical (unpaired) electrons. The van der Waals surface area contributed by atoms with Crippen molar-refractivity contribution in [1.82, 2.24) is 9.78 Å². The summed E-state index contributed by atoms with van der Waals surface area (Å²) in [6.45, 7) is 5.45. The van der Waals surface area contributed by atoms with Gasteiger partial charge in [-0.05, 0) is 60.9 Å². The van der Waals surface area contributed by atoms with Gasteiger partial charge in [-0.2, -0.15) is 9.78 Å². The first-order chi connectivity index (χ1) is 15.7. The highest BCUT2D eigenvalue weighted by atomic mass is 16.5. The van der Waals surface area contributed by atoms with Crippen LogP contribution in [0.1, 0.15) is 18.1 Å². The smallest absolute Gasteiger partial charge is 0.309 e. The topological polar surface area (TPSA) is 73.4 Å². The van der Waals surface area contributed by atoms with Gasteiger partial charge < -0.3 is 15.4 Å². The zero-order chi connectivity index (χ0) is 23.7. The number of nitrogens with zero attached hydrogens (tertiary/aromatic N) is 3. The molecule has 0 fully saturated rings. The van der Waals surface area contributed by atoms with Crippen LogP contribution in [0.25, 0.3) is 28.1 Å². The molecule has 1 heterocycles. The van der Waals surface area contributed by atoms with Crippen molar-refractivity contribution < 1.29 is 9.53 Å². The number of hydrogen-bond donors (Lipinski definition) is 1. The van der Waals surface area contributed by atoms with Crippen molar-refractivity contribution in [2.24, 2.45) is 0 Å². The third kappa shape index (κ3) is 4.46. The highest BCUT2D eigenvalue weighted by molar-refractivity contribution is 5.88. The Bertz CT molecular complexity index is 1300. The summed E-state index contributed by atoms with van der Waals surface area (Å²) in [5, 5.41) is 4.97. The summed E-state index contributed by atoms with van der Waals surface area (Å²) in [6.07, 6.45) is 0. The summed E-state index contributed by atoms with van der Waals surface area (Å²) >= 11 is 0. The van der Waals surface area contributed by atoms with E-state index >= 15 is 0 Å². The molecule has 0 spiro atoms. The Hall–Kier alpha value is -4.06. The highest BCUT2D eigenvalue weighted by Crippen LogP contribution is 2.41. The minimum Gasteiger partial charge on any atom is -0.407 e. The average molecular weight is 441 g/mol. The summed E-state index contributed by atoms with van der Waals surface area (Å²) in [5.41, 5.74) is 13.9. The molecule has 0 saturated heterocycles. The molecular formula is C27H28N4O2. The normalized spacial score (nSPS) is 10.8. The Labute approximate surface area is 194 Å². The van der Waals surface area contributed by atoms with Crippen molar-refractivity contribution >= 4 is 17.3 Å². The maximum atomic E-state index is 12.2. The van der Waals surface area contributed by atoms with Gasteiger partial charge in [-0.3, -0.25) is 4.79 Å². The SMILES string of the molecule is CC(=O)Oc1c(-c2ccc(N)cc2)c(-c2ccc(N(C)C)cc2)nn1-c1cc(C)ccc1C. The van der Waals surface area contributed by atoms with Crippen LogP contribution < -0.4 is 15.4 Å². The molecule has 0 aliphatic rings. The Morgan fingerprint density at radius 3 is 2.18 bits per heavy atom. The summed E-state index contributed by atoms with van der Waals surface area (Å²) in [5.74, 6) is -0.0275.